The number of amides is 1. The molecule has 0 spiro atoms. The lowest BCUT2D eigenvalue weighted by atomic mass is 10.1. The summed E-state index contributed by atoms with van der Waals surface area (Å²) < 4.78 is 11.1. The van der Waals surface area contributed by atoms with E-state index < -0.39 is 0 Å². The molecule has 1 fully saturated rings. The predicted molar refractivity (Wildman–Crippen MR) is 96.5 cm³/mol. The van der Waals surface area contributed by atoms with Crippen molar-refractivity contribution in [3.63, 3.8) is 0 Å². The molecule has 0 aliphatic carbocycles. The predicted octanol–water partition coefficient (Wildman–Crippen LogP) is 3.17. The molecule has 3 rings (SSSR count). The normalized spacial score (nSPS) is 17.5. The molecule has 2 aromatic rings. The van der Waals surface area contributed by atoms with Crippen LogP contribution in [0.2, 0.25) is 0 Å². The Bertz CT molecular complexity index is 713. The van der Waals surface area contributed by atoms with Gasteiger partial charge in [-0.3, -0.25) is 9.78 Å². The molecule has 0 saturated carbocycles. The van der Waals surface area contributed by atoms with Crippen LogP contribution in [0.15, 0.2) is 54.9 Å². The summed E-state index contributed by atoms with van der Waals surface area (Å²) in [6.45, 7) is 1.37. The van der Waals surface area contributed by atoms with Crippen molar-refractivity contribution in [2.24, 2.45) is 0 Å². The molecule has 1 amide bonds. The van der Waals surface area contributed by atoms with Gasteiger partial charge in [-0.2, -0.15) is 0 Å². The summed E-state index contributed by atoms with van der Waals surface area (Å²) in [5.74, 6) is 1.61. The molecular formula is C20H22N2O3. The highest BCUT2D eigenvalue weighted by Crippen LogP contribution is 2.18. The monoisotopic (exact) mass is 338 g/mol. The molecule has 2 heterocycles. The summed E-state index contributed by atoms with van der Waals surface area (Å²) in [7, 11) is 1.63. The van der Waals surface area contributed by atoms with Gasteiger partial charge in [0.15, 0.2) is 0 Å². The Kier molecular flexibility index (Phi) is 5.67. The number of hydrogen-bond donors (Lipinski definition) is 0. The number of aromatic nitrogens is 1. The molecule has 0 bridgehead atoms. The average Bonchev–Trinajstić information content (AvgIpc) is 2.67. The van der Waals surface area contributed by atoms with E-state index in [1.54, 1.807) is 25.6 Å². The van der Waals surface area contributed by atoms with E-state index in [0.29, 0.717) is 6.54 Å². The zero-order valence-electron chi connectivity index (χ0n) is 14.3. The van der Waals surface area contributed by atoms with Crippen molar-refractivity contribution in [3.05, 3.63) is 60.4 Å². The van der Waals surface area contributed by atoms with Crippen LogP contribution in [0.25, 0.3) is 6.08 Å². The second kappa shape index (κ2) is 8.33. The standard InChI is InChI=1S/C20H22N2O3/c1-24-17-7-4-16(5-8-17)6-9-20(23)22-14-2-3-19(15-22)25-18-10-12-21-13-11-18/h4-13,19H,2-3,14-15H2,1H3/b9-6+/t19-/m1/s1. The minimum absolute atomic E-state index is 0.0128. The fourth-order valence-electron chi connectivity index (χ4n) is 2.83. The molecule has 1 aliphatic heterocycles. The van der Waals surface area contributed by atoms with E-state index >= 15 is 0 Å². The molecule has 5 heteroatoms. The number of pyridine rings is 1. The fraction of sp³-hybridized carbons (Fsp3) is 0.300. The van der Waals surface area contributed by atoms with E-state index in [4.69, 9.17) is 9.47 Å². The number of rotatable bonds is 5. The zero-order valence-corrected chi connectivity index (χ0v) is 14.3. The van der Waals surface area contributed by atoms with Crippen molar-refractivity contribution in [1.82, 2.24) is 9.88 Å². The number of carbonyl (C=O) groups is 1. The molecule has 1 atom stereocenters. The summed E-state index contributed by atoms with van der Waals surface area (Å²) in [4.78, 5) is 18.3. The molecule has 25 heavy (non-hydrogen) atoms. The highest BCUT2D eigenvalue weighted by molar-refractivity contribution is 5.91. The van der Waals surface area contributed by atoms with Gasteiger partial charge in [-0.05, 0) is 48.7 Å². The molecule has 1 saturated heterocycles. The first-order chi connectivity index (χ1) is 12.2. The van der Waals surface area contributed by atoms with E-state index in [1.807, 2.05) is 47.4 Å². The van der Waals surface area contributed by atoms with Gasteiger partial charge in [0.2, 0.25) is 5.91 Å². The van der Waals surface area contributed by atoms with Crippen LogP contribution in [0.3, 0.4) is 0 Å². The maximum atomic E-state index is 12.4. The lowest BCUT2D eigenvalue weighted by molar-refractivity contribution is -0.128. The highest BCUT2D eigenvalue weighted by atomic mass is 16.5. The minimum atomic E-state index is 0.0128. The van der Waals surface area contributed by atoms with E-state index in [0.717, 1.165) is 36.4 Å². The van der Waals surface area contributed by atoms with Crippen molar-refractivity contribution >= 4 is 12.0 Å². The molecule has 0 N–H and O–H groups in total. The third kappa shape index (κ3) is 4.83. The molecule has 5 nitrogen and oxygen atoms in total. The summed E-state index contributed by atoms with van der Waals surface area (Å²) >= 11 is 0. The lowest BCUT2D eigenvalue weighted by Gasteiger charge is -2.32. The number of benzene rings is 1. The first-order valence-electron chi connectivity index (χ1n) is 8.42. The van der Waals surface area contributed by atoms with E-state index in [1.165, 1.54) is 0 Å². The van der Waals surface area contributed by atoms with Gasteiger partial charge >= 0.3 is 0 Å². The molecule has 0 unspecified atom stereocenters. The zero-order chi connectivity index (χ0) is 17.5. The van der Waals surface area contributed by atoms with Crippen molar-refractivity contribution in [3.8, 4) is 11.5 Å². The molecule has 130 valence electrons. The largest absolute Gasteiger partial charge is 0.497 e. The van der Waals surface area contributed by atoms with Gasteiger partial charge in [0, 0.05) is 25.0 Å². The Labute approximate surface area is 147 Å². The maximum Gasteiger partial charge on any atom is 0.246 e. The van der Waals surface area contributed by atoms with Crippen LogP contribution in [0.4, 0.5) is 0 Å². The van der Waals surface area contributed by atoms with Crippen LogP contribution in [0, 0.1) is 0 Å². The average molecular weight is 338 g/mol. The van der Waals surface area contributed by atoms with Gasteiger partial charge in [0.1, 0.15) is 17.6 Å². The number of methoxy groups -OCH3 is 1. The lowest BCUT2D eigenvalue weighted by Crippen LogP contribution is -2.43. The van der Waals surface area contributed by atoms with Gasteiger partial charge in [-0.15, -0.1) is 0 Å². The molecule has 1 aromatic heterocycles. The van der Waals surface area contributed by atoms with Crippen LogP contribution in [-0.2, 0) is 4.79 Å². The van der Waals surface area contributed by atoms with Gasteiger partial charge in [-0.25, -0.2) is 0 Å². The minimum Gasteiger partial charge on any atom is -0.497 e. The van der Waals surface area contributed by atoms with Gasteiger partial charge in [0.25, 0.3) is 0 Å². The maximum absolute atomic E-state index is 12.4. The van der Waals surface area contributed by atoms with Crippen LogP contribution < -0.4 is 9.47 Å². The molecule has 1 aromatic carbocycles. The summed E-state index contributed by atoms with van der Waals surface area (Å²) in [5, 5.41) is 0. The van der Waals surface area contributed by atoms with Crippen LogP contribution in [0.1, 0.15) is 18.4 Å². The second-order valence-electron chi connectivity index (χ2n) is 5.96. The number of nitrogens with zero attached hydrogens (tertiary/aromatic N) is 2. The third-order valence-corrected chi connectivity index (χ3v) is 4.18. The number of piperidine rings is 1. The fourth-order valence-corrected chi connectivity index (χ4v) is 2.83. The van der Waals surface area contributed by atoms with E-state index in [2.05, 4.69) is 4.98 Å². The third-order valence-electron chi connectivity index (χ3n) is 4.18. The van der Waals surface area contributed by atoms with Crippen LogP contribution >= 0.6 is 0 Å². The van der Waals surface area contributed by atoms with Crippen LogP contribution in [0.5, 0.6) is 11.5 Å². The molecule has 0 radical (unpaired) electrons. The van der Waals surface area contributed by atoms with Gasteiger partial charge in [0.05, 0.1) is 13.7 Å². The highest BCUT2D eigenvalue weighted by Gasteiger charge is 2.23. The van der Waals surface area contributed by atoms with E-state index in [-0.39, 0.29) is 12.0 Å². The molecular weight excluding hydrogens is 316 g/mol. The van der Waals surface area contributed by atoms with Crippen molar-refractivity contribution < 1.29 is 14.3 Å². The van der Waals surface area contributed by atoms with Gasteiger partial charge in [-0.1, -0.05) is 12.1 Å². The Morgan fingerprint density at radius 3 is 2.64 bits per heavy atom. The van der Waals surface area contributed by atoms with Crippen molar-refractivity contribution in [2.75, 3.05) is 20.2 Å². The SMILES string of the molecule is COc1ccc(/C=C/C(=O)N2CCC[C@@H](Oc3ccncc3)C2)cc1. The quantitative estimate of drug-likeness (QED) is 0.786. The smallest absolute Gasteiger partial charge is 0.246 e. The number of likely N-dealkylation sites (tertiary alicyclic amines) is 1. The Balaban J connectivity index is 1.56. The first kappa shape index (κ1) is 17.0. The van der Waals surface area contributed by atoms with Crippen molar-refractivity contribution in [1.29, 1.82) is 0 Å². The van der Waals surface area contributed by atoms with E-state index in [9.17, 15) is 4.79 Å². The van der Waals surface area contributed by atoms with Gasteiger partial charge < -0.3 is 14.4 Å². The summed E-state index contributed by atoms with van der Waals surface area (Å²) in [5.41, 5.74) is 0.968. The second-order valence-corrected chi connectivity index (χ2v) is 5.96. The molecule has 1 aliphatic rings. The summed E-state index contributed by atoms with van der Waals surface area (Å²) in [6.07, 6.45) is 8.78. The topological polar surface area (TPSA) is 51.7 Å². The number of hydrogen-bond acceptors (Lipinski definition) is 4. The Morgan fingerprint density at radius 1 is 1.16 bits per heavy atom. The number of ether oxygens (including phenoxy) is 2. The Morgan fingerprint density at radius 2 is 1.92 bits per heavy atom. The van der Waals surface area contributed by atoms with Crippen molar-refractivity contribution in [2.45, 2.75) is 18.9 Å². The summed E-state index contributed by atoms with van der Waals surface area (Å²) in [6, 6.07) is 11.3. The first-order valence-corrected chi connectivity index (χ1v) is 8.42. The number of carbonyl (C=O) groups excluding carboxylic acids is 1. The van der Waals surface area contributed by atoms with Crippen LogP contribution in [-0.4, -0.2) is 42.1 Å². The Hall–Kier alpha value is -2.82.